The third-order valence-corrected chi connectivity index (χ3v) is 5.67. The van der Waals surface area contributed by atoms with Crippen molar-refractivity contribution in [2.75, 3.05) is 13.1 Å². The van der Waals surface area contributed by atoms with E-state index in [0.717, 1.165) is 18.5 Å². The monoisotopic (exact) mass is 310 g/mol. The molecule has 0 amide bonds. The number of hydrogen-bond acceptors (Lipinski definition) is 3. The summed E-state index contributed by atoms with van der Waals surface area (Å²) in [5.74, 6) is 0.356. The van der Waals surface area contributed by atoms with Gasteiger partial charge in [-0.25, -0.2) is 13.1 Å². The van der Waals surface area contributed by atoms with Crippen molar-refractivity contribution in [2.24, 2.45) is 5.92 Å². The zero-order valence-corrected chi connectivity index (χ0v) is 14.1. The maximum atomic E-state index is 12.5. The lowest BCUT2D eigenvalue weighted by Crippen LogP contribution is -2.50. The van der Waals surface area contributed by atoms with Crippen molar-refractivity contribution in [3.63, 3.8) is 0 Å². The summed E-state index contributed by atoms with van der Waals surface area (Å²) >= 11 is 0. The molecule has 0 aromatic heterocycles. The van der Waals surface area contributed by atoms with Gasteiger partial charge in [-0.05, 0) is 42.0 Å². The van der Waals surface area contributed by atoms with Crippen molar-refractivity contribution in [2.45, 2.75) is 50.5 Å². The molecule has 1 aliphatic rings. The molecule has 0 spiro atoms. The number of sulfonamides is 1. The molecule has 1 saturated heterocycles. The van der Waals surface area contributed by atoms with E-state index in [-0.39, 0.29) is 11.5 Å². The molecule has 0 bridgehead atoms. The zero-order chi connectivity index (χ0) is 15.7. The van der Waals surface area contributed by atoms with Crippen LogP contribution in [0.3, 0.4) is 0 Å². The molecule has 2 atom stereocenters. The van der Waals surface area contributed by atoms with Crippen molar-refractivity contribution in [3.8, 4) is 0 Å². The molecule has 2 N–H and O–H groups in total. The predicted octanol–water partition coefficient (Wildman–Crippen LogP) is 2.26. The Hall–Kier alpha value is -0.910. The van der Waals surface area contributed by atoms with Crippen molar-refractivity contribution < 1.29 is 8.42 Å². The predicted molar refractivity (Wildman–Crippen MR) is 85.9 cm³/mol. The molecule has 0 saturated carbocycles. The van der Waals surface area contributed by atoms with Gasteiger partial charge in [0.25, 0.3) is 0 Å². The topological polar surface area (TPSA) is 58.2 Å². The molecule has 1 fully saturated rings. The van der Waals surface area contributed by atoms with Gasteiger partial charge in [0.05, 0.1) is 4.90 Å². The maximum absolute atomic E-state index is 12.5. The third-order valence-electron chi connectivity index (χ3n) is 4.16. The van der Waals surface area contributed by atoms with Gasteiger partial charge in [-0.1, -0.05) is 39.8 Å². The average molecular weight is 310 g/mol. The highest BCUT2D eigenvalue weighted by Crippen LogP contribution is 2.23. The Labute approximate surface area is 128 Å². The maximum Gasteiger partial charge on any atom is 0.240 e. The quantitative estimate of drug-likeness (QED) is 0.900. The molecular formula is C16H26N2O2S. The summed E-state index contributed by atoms with van der Waals surface area (Å²) < 4.78 is 27.8. The van der Waals surface area contributed by atoms with Crippen LogP contribution in [-0.4, -0.2) is 27.5 Å². The lowest BCUT2D eigenvalue weighted by atomic mass is 9.87. The number of hydrogen-bond donors (Lipinski definition) is 2. The second-order valence-electron chi connectivity index (χ2n) is 6.97. The fourth-order valence-electron chi connectivity index (χ4n) is 2.55. The van der Waals surface area contributed by atoms with Crippen LogP contribution in [0.1, 0.15) is 39.7 Å². The zero-order valence-electron chi connectivity index (χ0n) is 13.3. The minimum Gasteiger partial charge on any atom is -0.315 e. The number of piperidine rings is 1. The van der Waals surface area contributed by atoms with Crippen LogP contribution in [0.2, 0.25) is 0 Å². The van der Waals surface area contributed by atoms with Gasteiger partial charge in [-0.3, -0.25) is 0 Å². The van der Waals surface area contributed by atoms with E-state index in [1.54, 1.807) is 12.1 Å². The van der Waals surface area contributed by atoms with Gasteiger partial charge >= 0.3 is 0 Å². The van der Waals surface area contributed by atoms with Gasteiger partial charge in [-0.2, -0.15) is 0 Å². The van der Waals surface area contributed by atoms with Crippen molar-refractivity contribution in [3.05, 3.63) is 29.8 Å². The first kappa shape index (κ1) is 16.5. The number of rotatable bonds is 3. The Morgan fingerprint density at radius 2 is 1.81 bits per heavy atom. The Morgan fingerprint density at radius 3 is 2.33 bits per heavy atom. The molecule has 0 aliphatic carbocycles. The Morgan fingerprint density at radius 1 is 1.19 bits per heavy atom. The molecule has 1 aromatic carbocycles. The highest BCUT2D eigenvalue weighted by atomic mass is 32.2. The summed E-state index contributed by atoms with van der Waals surface area (Å²) in [6, 6.07) is 7.16. The van der Waals surface area contributed by atoms with E-state index >= 15 is 0 Å². The smallest absolute Gasteiger partial charge is 0.240 e. The fourth-order valence-corrected chi connectivity index (χ4v) is 3.89. The first-order chi connectivity index (χ1) is 9.70. The van der Waals surface area contributed by atoms with Crippen LogP contribution < -0.4 is 10.0 Å². The molecule has 0 radical (unpaired) electrons. The summed E-state index contributed by atoms with van der Waals surface area (Å²) in [4.78, 5) is 0.341. The van der Waals surface area contributed by atoms with Gasteiger partial charge < -0.3 is 5.32 Å². The second kappa shape index (κ2) is 6.07. The number of benzene rings is 1. The normalized spacial score (nSPS) is 24.0. The van der Waals surface area contributed by atoms with E-state index < -0.39 is 10.0 Å². The van der Waals surface area contributed by atoms with Crippen molar-refractivity contribution >= 4 is 10.0 Å². The summed E-state index contributed by atoms with van der Waals surface area (Å²) in [5.41, 5.74) is 1.16. The molecule has 5 heteroatoms. The highest BCUT2D eigenvalue weighted by Gasteiger charge is 2.26. The van der Waals surface area contributed by atoms with Crippen molar-refractivity contribution in [1.29, 1.82) is 0 Å². The third kappa shape index (κ3) is 4.05. The Balaban J connectivity index is 2.16. The second-order valence-corrected chi connectivity index (χ2v) is 8.69. The molecule has 2 rings (SSSR count). The molecule has 2 unspecified atom stereocenters. The van der Waals surface area contributed by atoms with Crippen LogP contribution in [0, 0.1) is 5.92 Å². The molecule has 4 nitrogen and oxygen atoms in total. The van der Waals surface area contributed by atoms with Crippen LogP contribution in [0.4, 0.5) is 0 Å². The minimum absolute atomic E-state index is 0.0253. The van der Waals surface area contributed by atoms with Crippen LogP contribution in [0.5, 0.6) is 0 Å². The number of nitrogens with one attached hydrogen (secondary N) is 2. The largest absolute Gasteiger partial charge is 0.315 e. The first-order valence-corrected chi connectivity index (χ1v) is 9.02. The van der Waals surface area contributed by atoms with Crippen LogP contribution in [0.25, 0.3) is 0 Å². The lowest BCUT2D eigenvalue weighted by molar-refractivity contribution is 0.327. The van der Waals surface area contributed by atoms with E-state index in [0.29, 0.717) is 17.4 Å². The lowest BCUT2D eigenvalue weighted by Gasteiger charge is -2.30. The molecule has 118 valence electrons. The van der Waals surface area contributed by atoms with Crippen LogP contribution in [0.15, 0.2) is 29.2 Å². The summed E-state index contributed by atoms with van der Waals surface area (Å²) in [7, 11) is -3.45. The molecule has 1 aromatic rings. The SMILES string of the molecule is CC1CCNCC1NS(=O)(=O)c1ccc(C(C)(C)C)cc1. The van der Waals surface area contributed by atoms with Gasteiger partial charge in [0.1, 0.15) is 0 Å². The summed E-state index contributed by atoms with van der Waals surface area (Å²) in [6.45, 7) is 10.1. The molecular weight excluding hydrogens is 284 g/mol. The average Bonchev–Trinajstić information content (AvgIpc) is 2.40. The first-order valence-electron chi connectivity index (χ1n) is 7.54. The summed E-state index contributed by atoms with van der Waals surface area (Å²) in [5, 5.41) is 3.24. The Kier molecular flexibility index (Phi) is 4.76. The van der Waals surface area contributed by atoms with Gasteiger partial charge in [0.2, 0.25) is 10.0 Å². The van der Waals surface area contributed by atoms with Gasteiger partial charge in [0.15, 0.2) is 0 Å². The molecule has 21 heavy (non-hydrogen) atoms. The molecule has 1 heterocycles. The van der Waals surface area contributed by atoms with Gasteiger partial charge in [0, 0.05) is 12.6 Å². The fraction of sp³-hybridized carbons (Fsp3) is 0.625. The van der Waals surface area contributed by atoms with Gasteiger partial charge in [-0.15, -0.1) is 0 Å². The van der Waals surface area contributed by atoms with E-state index in [1.807, 2.05) is 12.1 Å². The highest BCUT2D eigenvalue weighted by molar-refractivity contribution is 7.89. The van der Waals surface area contributed by atoms with E-state index in [2.05, 4.69) is 37.7 Å². The van der Waals surface area contributed by atoms with Crippen LogP contribution >= 0.6 is 0 Å². The minimum atomic E-state index is -3.45. The Bertz CT molecular complexity index is 573. The molecule has 1 aliphatic heterocycles. The van der Waals surface area contributed by atoms with Crippen LogP contribution in [-0.2, 0) is 15.4 Å². The van der Waals surface area contributed by atoms with E-state index in [1.165, 1.54) is 0 Å². The van der Waals surface area contributed by atoms with E-state index in [4.69, 9.17) is 0 Å². The standard InChI is InChI=1S/C16H26N2O2S/c1-12-9-10-17-11-15(12)18-21(19,20)14-7-5-13(6-8-14)16(2,3)4/h5-8,12,15,17-18H,9-11H2,1-4H3. The summed E-state index contributed by atoms with van der Waals surface area (Å²) in [6.07, 6.45) is 0.996. The van der Waals surface area contributed by atoms with E-state index in [9.17, 15) is 8.42 Å². The van der Waals surface area contributed by atoms with Crippen molar-refractivity contribution in [1.82, 2.24) is 10.0 Å².